The minimum atomic E-state index is -0.452. The molecule has 0 saturated carbocycles. The zero-order valence-corrected chi connectivity index (χ0v) is 14.8. The van der Waals surface area contributed by atoms with Crippen molar-refractivity contribution in [1.82, 2.24) is 15.2 Å². The summed E-state index contributed by atoms with van der Waals surface area (Å²) in [4.78, 5) is 17.5. The lowest BCUT2D eigenvalue weighted by atomic mass is 9.96. The second kappa shape index (κ2) is 7.33. The van der Waals surface area contributed by atoms with Gasteiger partial charge in [-0.05, 0) is 12.5 Å². The third-order valence-corrected chi connectivity index (χ3v) is 4.29. The fourth-order valence-electron chi connectivity index (χ4n) is 3.12. The van der Waals surface area contributed by atoms with Gasteiger partial charge >= 0.3 is 5.97 Å². The smallest absolute Gasteiger partial charge is 0.357 e. The first-order valence-corrected chi connectivity index (χ1v) is 8.72. The van der Waals surface area contributed by atoms with E-state index in [2.05, 4.69) is 10.2 Å². The second-order valence-electron chi connectivity index (χ2n) is 5.95. The van der Waals surface area contributed by atoms with Gasteiger partial charge in [-0.3, -0.25) is 0 Å². The van der Waals surface area contributed by atoms with Crippen molar-refractivity contribution in [1.29, 1.82) is 0 Å². The molecule has 2 aromatic heterocycles. The second-order valence-corrected chi connectivity index (χ2v) is 5.95. The summed E-state index contributed by atoms with van der Waals surface area (Å²) in [5.74, 6) is -0.452. The van der Waals surface area contributed by atoms with Crippen LogP contribution in [-0.2, 0) is 4.74 Å². The van der Waals surface area contributed by atoms with Gasteiger partial charge in [-0.1, -0.05) is 60.7 Å². The predicted octanol–water partition coefficient (Wildman–Crippen LogP) is 4.54. The number of fused-ring (bicyclic) bond motifs is 1. The van der Waals surface area contributed by atoms with Crippen LogP contribution in [0, 0.1) is 0 Å². The summed E-state index contributed by atoms with van der Waals surface area (Å²) in [5.41, 5.74) is 3.45. The van der Waals surface area contributed by atoms with Crippen LogP contribution in [0.2, 0.25) is 0 Å². The summed E-state index contributed by atoms with van der Waals surface area (Å²) in [6.07, 6.45) is 3.36. The highest BCUT2D eigenvalue weighted by Gasteiger charge is 2.22. The fraction of sp³-hybridized carbons (Fsp3) is 0.0909. The standard InChI is InChI=1S/C22H17N3O2/c1-2-27-22(26)21-19(15-9-5-3-6-10-15)17-13-23-24-14-18(17)20(25-21)16-11-7-4-8-12-16/h3-14H,2H2,1H3. The number of aromatic nitrogens is 3. The first kappa shape index (κ1) is 16.8. The molecule has 0 fully saturated rings. The molecule has 4 aromatic rings. The van der Waals surface area contributed by atoms with Crippen LogP contribution in [0.25, 0.3) is 33.2 Å². The SMILES string of the molecule is CCOC(=O)c1nc(-c2ccccc2)c2cnncc2c1-c1ccccc1. The maximum atomic E-state index is 12.7. The molecular formula is C22H17N3O2. The third-order valence-electron chi connectivity index (χ3n) is 4.29. The highest BCUT2D eigenvalue weighted by atomic mass is 16.5. The topological polar surface area (TPSA) is 65.0 Å². The van der Waals surface area contributed by atoms with Gasteiger partial charge in [0.15, 0.2) is 5.69 Å². The molecule has 0 unspecified atom stereocenters. The maximum absolute atomic E-state index is 12.7. The average Bonchev–Trinajstić information content (AvgIpc) is 2.74. The molecule has 132 valence electrons. The molecule has 0 bridgehead atoms. The zero-order valence-electron chi connectivity index (χ0n) is 14.8. The van der Waals surface area contributed by atoms with E-state index in [0.717, 1.165) is 21.9 Å². The van der Waals surface area contributed by atoms with Crippen molar-refractivity contribution in [3.8, 4) is 22.4 Å². The van der Waals surface area contributed by atoms with E-state index in [-0.39, 0.29) is 12.3 Å². The van der Waals surface area contributed by atoms with Gasteiger partial charge in [0.2, 0.25) is 0 Å². The molecule has 0 atom stereocenters. The van der Waals surface area contributed by atoms with E-state index in [9.17, 15) is 4.79 Å². The number of esters is 1. The van der Waals surface area contributed by atoms with E-state index in [0.29, 0.717) is 11.3 Å². The molecule has 2 aromatic carbocycles. The van der Waals surface area contributed by atoms with Gasteiger partial charge in [0.25, 0.3) is 0 Å². The maximum Gasteiger partial charge on any atom is 0.357 e. The van der Waals surface area contributed by atoms with Gasteiger partial charge < -0.3 is 4.74 Å². The van der Waals surface area contributed by atoms with Crippen molar-refractivity contribution in [3.05, 3.63) is 78.8 Å². The quantitative estimate of drug-likeness (QED) is 0.503. The van der Waals surface area contributed by atoms with Gasteiger partial charge in [-0.15, -0.1) is 0 Å². The van der Waals surface area contributed by atoms with E-state index in [4.69, 9.17) is 9.72 Å². The normalized spacial score (nSPS) is 10.7. The summed E-state index contributed by atoms with van der Waals surface area (Å²) in [6, 6.07) is 19.4. The molecule has 5 nitrogen and oxygen atoms in total. The molecule has 0 aliphatic heterocycles. The number of rotatable bonds is 4. The minimum absolute atomic E-state index is 0.280. The van der Waals surface area contributed by atoms with Crippen molar-refractivity contribution < 1.29 is 9.53 Å². The van der Waals surface area contributed by atoms with Gasteiger partial charge in [0.1, 0.15) is 0 Å². The van der Waals surface area contributed by atoms with E-state index in [1.54, 1.807) is 19.3 Å². The highest BCUT2D eigenvalue weighted by molar-refractivity contribution is 6.10. The van der Waals surface area contributed by atoms with Gasteiger partial charge in [0.05, 0.1) is 24.7 Å². The van der Waals surface area contributed by atoms with Crippen LogP contribution in [0.1, 0.15) is 17.4 Å². The number of hydrogen-bond acceptors (Lipinski definition) is 5. The molecule has 0 radical (unpaired) electrons. The van der Waals surface area contributed by atoms with Gasteiger partial charge in [0, 0.05) is 21.9 Å². The average molecular weight is 355 g/mol. The number of carbonyl (C=O) groups is 1. The van der Waals surface area contributed by atoms with Crippen LogP contribution in [0.5, 0.6) is 0 Å². The summed E-state index contributed by atoms with van der Waals surface area (Å²) in [7, 11) is 0. The Morgan fingerprint density at radius 2 is 1.44 bits per heavy atom. The zero-order chi connectivity index (χ0) is 18.6. The molecular weight excluding hydrogens is 338 g/mol. The predicted molar refractivity (Wildman–Crippen MR) is 104 cm³/mol. The van der Waals surface area contributed by atoms with Crippen LogP contribution >= 0.6 is 0 Å². The Kier molecular flexibility index (Phi) is 4.58. The monoisotopic (exact) mass is 355 g/mol. The molecule has 2 heterocycles. The van der Waals surface area contributed by atoms with Gasteiger partial charge in [-0.25, -0.2) is 9.78 Å². The molecule has 0 saturated heterocycles. The lowest BCUT2D eigenvalue weighted by Gasteiger charge is -2.15. The molecule has 0 aliphatic rings. The van der Waals surface area contributed by atoms with Crippen molar-refractivity contribution in [2.24, 2.45) is 0 Å². The Morgan fingerprint density at radius 1 is 0.852 bits per heavy atom. The summed E-state index contributed by atoms with van der Waals surface area (Å²) in [5, 5.41) is 9.74. The summed E-state index contributed by atoms with van der Waals surface area (Å²) >= 11 is 0. The molecule has 5 heteroatoms. The fourth-order valence-corrected chi connectivity index (χ4v) is 3.12. The number of nitrogens with zero attached hydrogens (tertiary/aromatic N) is 3. The van der Waals surface area contributed by atoms with Crippen molar-refractivity contribution in [3.63, 3.8) is 0 Å². The number of hydrogen-bond donors (Lipinski definition) is 0. The lowest BCUT2D eigenvalue weighted by molar-refractivity contribution is 0.0521. The Labute approximate surface area is 156 Å². The Balaban J connectivity index is 2.09. The largest absolute Gasteiger partial charge is 0.461 e. The first-order valence-electron chi connectivity index (χ1n) is 8.72. The van der Waals surface area contributed by atoms with Gasteiger partial charge in [-0.2, -0.15) is 10.2 Å². The van der Waals surface area contributed by atoms with Crippen molar-refractivity contribution >= 4 is 16.7 Å². The van der Waals surface area contributed by atoms with Crippen LogP contribution in [0.4, 0.5) is 0 Å². The molecule has 0 amide bonds. The molecule has 27 heavy (non-hydrogen) atoms. The lowest BCUT2D eigenvalue weighted by Crippen LogP contribution is -2.11. The minimum Gasteiger partial charge on any atom is -0.461 e. The number of carbonyl (C=O) groups excluding carboxylic acids is 1. The van der Waals surface area contributed by atoms with Crippen LogP contribution in [0.3, 0.4) is 0 Å². The van der Waals surface area contributed by atoms with E-state index < -0.39 is 5.97 Å². The van der Waals surface area contributed by atoms with Crippen LogP contribution in [0.15, 0.2) is 73.1 Å². The van der Waals surface area contributed by atoms with E-state index in [1.807, 2.05) is 60.7 Å². The Morgan fingerprint density at radius 3 is 2.07 bits per heavy atom. The highest BCUT2D eigenvalue weighted by Crippen LogP contribution is 2.36. The van der Waals surface area contributed by atoms with E-state index in [1.165, 1.54) is 0 Å². The Bertz CT molecular complexity index is 1100. The van der Waals surface area contributed by atoms with Crippen molar-refractivity contribution in [2.75, 3.05) is 6.61 Å². The molecule has 4 rings (SSSR count). The van der Waals surface area contributed by atoms with Crippen LogP contribution < -0.4 is 0 Å². The summed E-state index contributed by atoms with van der Waals surface area (Å²) < 4.78 is 5.29. The number of pyridine rings is 1. The number of ether oxygens (including phenoxy) is 1. The molecule has 0 aliphatic carbocycles. The third kappa shape index (κ3) is 3.15. The molecule has 0 spiro atoms. The van der Waals surface area contributed by atoms with Crippen molar-refractivity contribution in [2.45, 2.75) is 6.92 Å². The Hall–Kier alpha value is -3.60. The van der Waals surface area contributed by atoms with Crippen LogP contribution in [-0.4, -0.2) is 27.8 Å². The number of benzene rings is 2. The first-order chi connectivity index (χ1) is 13.3. The molecule has 0 N–H and O–H groups in total. The van der Waals surface area contributed by atoms with E-state index >= 15 is 0 Å². The summed E-state index contributed by atoms with van der Waals surface area (Å²) in [6.45, 7) is 2.06.